The molecule has 0 heterocycles. The third-order valence-corrected chi connectivity index (χ3v) is 4.79. The molecule has 0 radical (unpaired) electrons. The van der Waals surface area contributed by atoms with Gasteiger partial charge in [0.15, 0.2) is 0 Å². The predicted octanol–water partition coefficient (Wildman–Crippen LogP) is 3.67. The van der Waals surface area contributed by atoms with E-state index >= 15 is 0 Å². The fraction of sp³-hybridized carbons (Fsp3) is 0.158. The van der Waals surface area contributed by atoms with E-state index in [2.05, 4.69) is 66.2 Å². The van der Waals surface area contributed by atoms with Gasteiger partial charge in [-0.2, -0.15) is 10.2 Å². The molecule has 0 aliphatic carbocycles. The molecule has 0 spiro atoms. The lowest BCUT2D eigenvalue weighted by atomic mass is 10.2. The minimum atomic E-state index is -0.230. The average Bonchev–Trinajstić information content (AvgIpc) is 2.65. The summed E-state index contributed by atoms with van der Waals surface area (Å²) >= 11 is 4.44. The molecule has 0 unspecified atom stereocenters. The Hall–Kier alpha value is -1.82. The molecular formula is C19H18I2N4O2. The number of nitrogens with zero attached hydrogens (tertiary/aromatic N) is 2. The molecule has 2 rings (SSSR count). The van der Waals surface area contributed by atoms with E-state index in [4.69, 9.17) is 0 Å². The van der Waals surface area contributed by atoms with Crippen LogP contribution < -0.4 is 10.9 Å². The van der Waals surface area contributed by atoms with Gasteiger partial charge in [0.2, 0.25) is 11.8 Å². The van der Waals surface area contributed by atoms with Gasteiger partial charge in [-0.1, -0.05) is 24.3 Å². The van der Waals surface area contributed by atoms with E-state index in [-0.39, 0.29) is 24.7 Å². The Bertz CT molecular complexity index is 749. The van der Waals surface area contributed by atoms with Gasteiger partial charge in [-0.05, 0) is 87.0 Å². The molecule has 2 aromatic rings. The third kappa shape index (κ3) is 9.09. The van der Waals surface area contributed by atoms with E-state index in [0.29, 0.717) is 6.42 Å². The van der Waals surface area contributed by atoms with Crippen molar-refractivity contribution < 1.29 is 9.59 Å². The first-order chi connectivity index (χ1) is 13.0. The molecular weight excluding hydrogens is 570 g/mol. The van der Waals surface area contributed by atoms with Crippen LogP contribution in [-0.4, -0.2) is 24.2 Å². The normalized spacial score (nSPS) is 11.0. The first-order valence-electron chi connectivity index (χ1n) is 8.18. The van der Waals surface area contributed by atoms with Crippen molar-refractivity contribution in [3.63, 3.8) is 0 Å². The van der Waals surface area contributed by atoms with Gasteiger partial charge < -0.3 is 0 Å². The number of nitrogens with one attached hydrogen (secondary N) is 2. The van der Waals surface area contributed by atoms with E-state index in [0.717, 1.165) is 18.3 Å². The van der Waals surface area contributed by atoms with Gasteiger partial charge in [0, 0.05) is 20.0 Å². The molecule has 0 atom stereocenters. The van der Waals surface area contributed by atoms with Gasteiger partial charge in [0.1, 0.15) is 0 Å². The Kier molecular flexibility index (Phi) is 9.39. The number of amides is 2. The molecule has 2 amide bonds. The van der Waals surface area contributed by atoms with Crippen LogP contribution in [0.3, 0.4) is 0 Å². The molecule has 8 heteroatoms. The van der Waals surface area contributed by atoms with Crippen LogP contribution in [0, 0.1) is 7.14 Å². The van der Waals surface area contributed by atoms with Crippen LogP contribution in [0.15, 0.2) is 58.7 Å². The van der Waals surface area contributed by atoms with Crippen molar-refractivity contribution in [2.24, 2.45) is 10.2 Å². The number of rotatable bonds is 8. The van der Waals surface area contributed by atoms with Gasteiger partial charge in [0.25, 0.3) is 0 Å². The highest BCUT2D eigenvalue weighted by Crippen LogP contribution is 2.05. The Morgan fingerprint density at radius 2 is 1.11 bits per heavy atom. The molecule has 6 nitrogen and oxygen atoms in total. The zero-order valence-electron chi connectivity index (χ0n) is 14.4. The van der Waals surface area contributed by atoms with Crippen molar-refractivity contribution in [1.29, 1.82) is 0 Å². The SMILES string of the molecule is O=C(CCCC(=O)N/N=C/c1ccc(I)cc1)N/N=C\c1ccc(I)cc1. The van der Waals surface area contributed by atoms with Crippen LogP contribution in [0.25, 0.3) is 0 Å². The molecule has 0 aromatic heterocycles. The van der Waals surface area contributed by atoms with Gasteiger partial charge in [0.05, 0.1) is 12.4 Å². The maximum absolute atomic E-state index is 11.7. The van der Waals surface area contributed by atoms with Crippen LogP contribution in [-0.2, 0) is 9.59 Å². The van der Waals surface area contributed by atoms with E-state index < -0.39 is 0 Å². The molecule has 2 aromatic carbocycles. The van der Waals surface area contributed by atoms with E-state index in [9.17, 15) is 9.59 Å². The standard InChI is InChI=1S/C19H18I2N4O2/c20-16-8-4-14(5-9-16)12-22-24-18(26)2-1-3-19(27)25-23-13-15-6-10-17(21)11-7-15/h4-13H,1-3H2,(H,24,26)(H,25,27)/b22-12-,23-13+. The Morgan fingerprint density at radius 3 is 1.48 bits per heavy atom. The molecule has 0 saturated heterocycles. The highest BCUT2D eigenvalue weighted by molar-refractivity contribution is 14.1. The summed E-state index contributed by atoms with van der Waals surface area (Å²) in [5.41, 5.74) is 6.72. The first kappa shape index (κ1) is 21.5. The molecule has 140 valence electrons. The van der Waals surface area contributed by atoms with E-state index in [1.54, 1.807) is 12.4 Å². The van der Waals surface area contributed by atoms with Crippen LogP contribution >= 0.6 is 45.2 Å². The number of hydrogen-bond acceptors (Lipinski definition) is 4. The number of carbonyl (C=O) groups excluding carboxylic acids is 2. The lowest BCUT2D eigenvalue weighted by molar-refractivity contribution is -0.122. The van der Waals surface area contributed by atoms with Gasteiger partial charge in [-0.15, -0.1) is 0 Å². The summed E-state index contributed by atoms with van der Waals surface area (Å²) in [5.74, 6) is -0.459. The van der Waals surface area contributed by atoms with Gasteiger partial charge in [-0.3, -0.25) is 9.59 Å². The zero-order valence-corrected chi connectivity index (χ0v) is 18.7. The third-order valence-electron chi connectivity index (χ3n) is 3.35. The first-order valence-corrected chi connectivity index (χ1v) is 10.3. The summed E-state index contributed by atoms with van der Waals surface area (Å²) in [6.45, 7) is 0. The Balaban J connectivity index is 1.61. The summed E-state index contributed by atoms with van der Waals surface area (Å²) in [4.78, 5) is 23.4. The number of carbonyl (C=O) groups is 2. The van der Waals surface area contributed by atoms with Crippen molar-refractivity contribution in [2.75, 3.05) is 0 Å². The molecule has 0 saturated carbocycles. The largest absolute Gasteiger partial charge is 0.273 e. The van der Waals surface area contributed by atoms with Crippen molar-refractivity contribution in [3.05, 3.63) is 66.8 Å². The average molecular weight is 588 g/mol. The topological polar surface area (TPSA) is 82.9 Å². The Morgan fingerprint density at radius 1 is 0.741 bits per heavy atom. The number of hydrazone groups is 2. The minimum absolute atomic E-state index is 0.221. The number of hydrogen-bond donors (Lipinski definition) is 2. The monoisotopic (exact) mass is 588 g/mol. The maximum atomic E-state index is 11.7. The smallest absolute Gasteiger partial charge is 0.240 e. The molecule has 0 bridgehead atoms. The predicted molar refractivity (Wildman–Crippen MR) is 124 cm³/mol. The van der Waals surface area contributed by atoms with E-state index in [1.165, 1.54) is 0 Å². The number of benzene rings is 2. The van der Waals surface area contributed by atoms with Crippen molar-refractivity contribution in [2.45, 2.75) is 19.3 Å². The van der Waals surface area contributed by atoms with Crippen LogP contribution in [0.2, 0.25) is 0 Å². The molecule has 0 aliphatic heterocycles. The second-order valence-electron chi connectivity index (χ2n) is 5.54. The molecule has 2 N–H and O–H groups in total. The summed E-state index contributed by atoms with van der Waals surface area (Å²) in [5, 5.41) is 7.81. The zero-order chi connectivity index (χ0) is 19.5. The lowest BCUT2D eigenvalue weighted by Gasteiger charge is -2.01. The van der Waals surface area contributed by atoms with Crippen LogP contribution in [0.1, 0.15) is 30.4 Å². The summed E-state index contributed by atoms with van der Waals surface area (Å²) in [6, 6.07) is 15.5. The van der Waals surface area contributed by atoms with E-state index in [1.807, 2.05) is 48.5 Å². The second kappa shape index (κ2) is 11.8. The quantitative estimate of drug-likeness (QED) is 0.281. The fourth-order valence-corrected chi connectivity index (χ4v) is 2.70. The maximum Gasteiger partial charge on any atom is 0.240 e. The lowest BCUT2D eigenvalue weighted by Crippen LogP contribution is -2.20. The summed E-state index contributed by atoms with van der Waals surface area (Å²) in [6.07, 6.45) is 4.03. The summed E-state index contributed by atoms with van der Waals surface area (Å²) in [7, 11) is 0. The molecule has 0 fully saturated rings. The van der Waals surface area contributed by atoms with Crippen LogP contribution in [0.5, 0.6) is 0 Å². The second-order valence-corrected chi connectivity index (χ2v) is 8.03. The summed E-state index contributed by atoms with van der Waals surface area (Å²) < 4.78 is 2.27. The molecule has 27 heavy (non-hydrogen) atoms. The van der Waals surface area contributed by atoms with Crippen molar-refractivity contribution in [1.82, 2.24) is 10.9 Å². The molecule has 0 aliphatic rings. The Labute approximate surface area is 185 Å². The fourth-order valence-electron chi connectivity index (χ4n) is 1.98. The van der Waals surface area contributed by atoms with Crippen molar-refractivity contribution in [3.8, 4) is 0 Å². The highest BCUT2D eigenvalue weighted by Gasteiger charge is 2.03. The van der Waals surface area contributed by atoms with Gasteiger partial charge >= 0.3 is 0 Å². The van der Waals surface area contributed by atoms with Gasteiger partial charge in [-0.25, -0.2) is 10.9 Å². The highest BCUT2D eigenvalue weighted by atomic mass is 127. The minimum Gasteiger partial charge on any atom is -0.273 e. The van der Waals surface area contributed by atoms with Crippen LogP contribution in [0.4, 0.5) is 0 Å². The van der Waals surface area contributed by atoms with Crippen molar-refractivity contribution >= 4 is 69.4 Å². The number of halogens is 2.